The Morgan fingerprint density at radius 1 is 1.18 bits per heavy atom. The van der Waals surface area contributed by atoms with Crippen molar-refractivity contribution in [1.82, 2.24) is 19.5 Å². The van der Waals surface area contributed by atoms with Gasteiger partial charge in [0.15, 0.2) is 11.2 Å². The first-order valence-electron chi connectivity index (χ1n) is 7.94. The second kappa shape index (κ2) is 9.25. The number of hydrogen-bond donors (Lipinski definition) is 6. The second-order valence-corrected chi connectivity index (χ2v) is 9.42. The fourth-order valence-electron chi connectivity index (χ4n) is 2.21. The Morgan fingerprint density at radius 3 is 2.46 bits per heavy atom. The highest BCUT2D eigenvalue weighted by atomic mass is 31.2. The second-order valence-electron chi connectivity index (χ2n) is 5.86. The van der Waals surface area contributed by atoms with Gasteiger partial charge in [-0.3, -0.25) is 18.9 Å². The standard InChI is InChI=1S/C12H21N5O9P2/c13-12-15-10-9(11(18)16-12)14-7-17(10)5-8(26-2-4-28(22,23)24)6-25-1-3-27(19,20)21/h7-8H,1-6H2,(H2,19,20,21)(H2,22,23,24)(H3,13,15,16,18)/t8-/m0/s1. The van der Waals surface area contributed by atoms with Crippen LogP contribution in [0.15, 0.2) is 11.1 Å². The summed E-state index contributed by atoms with van der Waals surface area (Å²) in [4.78, 5) is 57.6. The monoisotopic (exact) mass is 441 g/mol. The van der Waals surface area contributed by atoms with Crippen LogP contribution in [0, 0.1) is 0 Å². The number of ether oxygens (including phenoxy) is 2. The van der Waals surface area contributed by atoms with Crippen LogP contribution in [0.25, 0.3) is 11.2 Å². The number of nitrogen functional groups attached to an aromatic ring is 1. The Labute approximate surface area is 158 Å². The third kappa shape index (κ3) is 7.41. The third-order valence-corrected chi connectivity index (χ3v) is 4.99. The third-order valence-electron chi connectivity index (χ3n) is 3.46. The van der Waals surface area contributed by atoms with Gasteiger partial charge < -0.3 is 39.3 Å². The van der Waals surface area contributed by atoms with E-state index >= 15 is 0 Å². The molecule has 0 aliphatic carbocycles. The van der Waals surface area contributed by atoms with Crippen molar-refractivity contribution in [2.75, 3.05) is 37.9 Å². The minimum absolute atomic E-state index is 0.0451. The molecule has 28 heavy (non-hydrogen) atoms. The molecule has 2 aromatic heterocycles. The van der Waals surface area contributed by atoms with Crippen LogP contribution in [0.2, 0.25) is 0 Å². The van der Waals surface area contributed by atoms with E-state index in [0.29, 0.717) is 0 Å². The van der Waals surface area contributed by atoms with Crippen LogP contribution in [0.1, 0.15) is 0 Å². The summed E-state index contributed by atoms with van der Waals surface area (Å²) in [5.41, 5.74) is 5.22. The first-order valence-corrected chi connectivity index (χ1v) is 11.5. The van der Waals surface area contributed by atoms with Gasteiger partial charge in [0.25, 0.3) is 5.56 Å². The minimum Gasteiger partial charge on any atom is -0.378 e. The van der Waals surface area contributed by atoms with Gasteiger partial charge in [0.1, 0.15) is 0 Å². The molecule has 0 aromatic carbocycles. The predicted octanol–water partition coefficient (Wildman–Crippen LogP) is -1.54. The molecule has 0 aliphatic heterocycles. The van der Waals surface area contributed by atoms with E-state index in [1.54, 1.807) is 0 Å². The molecule has 0 aliphatic rings. The van der Waals surface area contributed by atoms with Crippen molar-refractivity contribution < 1.29 is 38.2 Å². The number of imidazole rings is 1. The maximum Gasteiger partial charge on any atom is 0.327 e. The summed E-state index contributed by atoms with van der Waals surface area (Å²) in [6.45, 7) is -0.597. The van der Waals surface area contributed by atoms with Crippen molar-refractivity contribution in [3.05, 3.63) is 16.7 Å². The summed E-state index contributed by atoms with van der Waals surface area (Å²) in [5.74, 6) is -0.115. The topological polar surface area (TPSA) is 223 Å². The van der Waals surface area contributed by atoms with Crippen LogP contribution in [0.3, 0.4) is 0 Å². The molecule has 16 heteroatoms. The number of aromatic nitrogens is 4. The van der Waals surface area contributed by atoms with Crippen molar-refractivity contribution in [3.8, 4) is 0 Å². The minimum atomic E-state index is -4.26. The fourth-order valence-corrected chi connectivity index (χ4v) is 2.92. The Kier molecular flexibility index (Phi) is 7.48. The number of hydrogen-bond acceptors (Lipinski definition) is 8. The number of rotatable bonds is 11. The van der Waals surface area contributed by atoms with E-state index in [0.717, 1.165) is 0 Å². The maximum atomic E-state index is 11.8. The first kappa shape index (κ1) is 22.7. The Balaban J connectivity index is 2.08. The number of nitrogens with one attached hydrogen (secondary N) is 1. The molecule has 0 unspecified atom stereocenters. The Hall–Kier alpha value is -1.63. The molecule has 0 saturated heterocycles. The number of nitrogens with zero attached hydrogens (tertiary/aromatic N) is 3. The molecule has 2 aromatic rings. The van der Waals surface area contributed by atoms with Crippen molar-refractivity contribution in [3.63, 3.8) is 0 Å². The lowest BCUT2D eigenvalue weighted by Gasteiger charge is -2.19. The van der Waals surface area contributed by atoms with Crippen molar-refractivity contribution >= 4 is 32.3 Å². The number of nitrogens with two attached hydrogens (primary N) is 1. The van der Waals surface area contributed by atoms with Crippen LogP contribution in [-0.2, 0) is 25.1 Å². The van der Waals surface area contributed by atoms with Crippen LogP contribution in [-0.4, -0.2) is 77.3 Å². The number of aromatic amines is 1. The molecule has 0 amide bonds. The molecule has 14 nitrogen and oxygen atoms in total. The molecule has 0 saturated carbocycles. The highest BCUT2D eigenvalue weighted by molar-refractivity contribution is 7.52. The van der Waals surface area contributed by atoms with Gasteiger partial charge in [-0.1, -0.05) is 0 Å². The zero-order valence-electron chi connectivity index (χ0n) is 14.5. The number of H-pyrrole nitrogens is 1. The lowest BCUT2D eigenvalue weighted by molar-refractivity contribution is -0.0164. The van der Waals surface area contributed by atoms with Crippen molar-refractivity contribution in [1.29, 1.82) is 0 Å². The molecule has 158 valence electrons. The van der Waals surface area contributed by atoms with Crippen molar-refractivity contribution in [2.45, 2.75) is 12.6 Å². The lowest BCUT2D eigenvalue weighted by Crippen LogP contribution is -2.27. The maximum absolute atomic E-state index is 11.8. The lowest BCUT2D eigenvalue weighted by atomic mass is 10.3. The van der Waals surface area contributed by atoms with Gasteiger partial charge in [-0.05, 0) is 0 Å². The largest absolute Gasteiger partial charge is 0.378 e. The van der Waals surface area contributed by atoms with Gasteiger partial charge in [-0.15, -0.1) is 0 Å². The molecule has 0 fully saturated rings. The van der Waals surface area contributed by atoms with Crippen molar-refractivity contribution in [2.24, 2.45) is 0 Å². The first-order chi connectivity index (χ1) is 12.9. The molecule has 1 atom stereocenters. The van der Waals surface area contributed by atoms with E-state index in [9.17, 15) is 13.9 Å². The smallest absolute Gasteiger partial charge is 0.327 e. The Bertz CT molecular complexity index is 949. The summed E-state index contributed by atoms with van der Waals surface area (Å²) in [7, 11) is -8.48. The average molecular weight is 441 g/mol. The van der Waals surface area contributed by atoms with E-state index in [-0.39, 0.29) is 43.5 Å². The van der Waals surface area contributed by atoms with Gasteiger partial charge in [-0.2, -0.15) is 4.98 Å². The fraction of sp³-hybridized carbons (Fsp3) is 0.583. The highest BCUT2D eigenvalue weighted by Crippen LogP contribution is 2.34. The SMILES string of the molecule is Nc1nc2c(ncn2C[C@@H](COCCP(=O)(O)O)OCCP(=O)(O)O)c(=O)[nH]1. The molecule has 0 bridgehead atoms. The van der Waals surface area contributed by atoms with Gasteiger partial charge >= 0.3 is 15.2 Å². The summed E-state index contributed by atoms with van der Waals surface area (Å²) in [6, 6.07) is 0. The van der Waals surface area contributed by atoms with Gasteiger partial charge in [0, 0.05) is 0 Å². The van der Waals surface area contributed by atoms with Crippen LogP contribution in [0.5, 0.6) is 0 Å². The molecule has 2 heterocycles. The summed E-state index contributed by atoms with van der Waals surface area (Å²) >= 11 is 0. The molecular weight excluding hydrogens is 420 g/mol. The highest BCUT2D eigenvalue weighted by Gasteiger charge is 2.19. The van der Waals surface area contributed by atoms with Crippen LogP contribution < -0.4 is 11.3 Å². The van der Waals surface area contributed by atoms with Crippen LogP contribution in [0.4, 0.5) is 5.95 Å². The molecule has 0 spiro atoms. The molecular formula is C12H21N5O9P2. The Morgan fingerprint density at radius 2 is 1.82 bits per heavy atom. The zero-order chi connectivity index (χ0) is 20.9. The van der Waals surface area contributed by atoms with E-state index in [2.05, 4.69) is 15.0 Å². The number of anilines is 1. The average Bonchev–Trinajstić information content (AvgIpc) is 2.92. The number of fused-ring (bicyclic) bond motifs is 1. The predicted molar refractivity (Wildman–Crippen MR) is 96.9 cm³/mol. The quantitative estimate of drug-likeness (QED) is 0.172. The van der Waals surface area contributed by atoms with E-state index in [4.69, 9.17) is 34.8 Å². The van der Waals surface area contributed by atoms with Gasteiger partial charge in [-0.25, -0.2) is 4.98 Å². The zero-order valence-corrected chi connectivity index (χ0v) is 16.3. The molecule has 0 radical (unpaired) electrons. The summed E-state index contributed by atoms with van der Waals surface area (Å²) < 4.78 is 33.9. The summed E-state index contributed by atoms with van der Waals surface area (Å²) in [5, 5.41) is 0. The summed E-state index contributed by atoms with van der Waals surface area (Å²) in [6.07, 6.45) is -0.435. The van der Waals surface area contributed by atoms with Crippen LogP contribution >= 0.6 is 15.2 Å². The van der Waals surface area contributed by atoms with Gasteiger partial charge in [0.05, 0.1) is 51.1 Å². The molecule has 7 N–H and O–H groups in total. The van der Waals surface area contributed by atoms with Gasteiger partial charge in [0.2, 0.25) is 5.95 Å². The normalized spacial score (nSPS) is 13.9. The van der Waals surface area contributed by atoms with E-state index < -0.39 is 39.2 Å². The molecule has 2 rings (SSSR count). The van der Waals surface area contributed by atoms with E-state index in [1.807, 2.05) is 0 Å². The van der Waals surface area contributed by atoms with E-state index in [1.165, 1.54) is 10.9 Å².